The van der Waals surface area contributed by atoms with Crippen LogP contribution in [0.5, 0.6) is 5.75 Å². The van der Waals surface area contributed by atoms with Gasteiger partial charge in [0.2, 0.25) is 0 Å². The number of nitrogens with two attached hydrogens (primary N) is 1. The molecular formula is C12H11ClN4O3. The van der Waals surface area contributed by atoms with Crippen LogP contribution in [-0.2, 0) is 0 Å². The molecule has 0 radical (unpaired) electrons. The monoisotopic (exact) mass is 294 g/mol. The van der Waals surface area contributed by atoms with Gasteiger partial charge in [0, 0.05) is 11.1 Å². The maximum atomic E-state index is 11.8. The summed E-state index contributed by atoms with van der Waals surface area (Å²) < 4.78 is 0.954. The number of amides is 1. The fourth-order valence-corrected chi connectivity index (χ4v) is 1.75. The summed E-state index contributed by atoms with van der Waals surface area (Å²) in [4.78, 5) is 23.3. The lowest BCUT2D eigenvalue weighted by atomic mass is 10.2. The Morgan fingerprint density at radius 3 is 2.75 bits per heavy atom. The summed E-state index contributed by atoms with van der Waals surface area (Å²) in [7, 11) is 0. The third kappa shape index (κ3) is 2.49. The van der Waals surface area contributed by atoms with Crippen LogP contribution in [0.4, 0.5) is 0 Å². The third-order valence-electron chi connectivity index (χ3n) is 2.66. The highest BCUT2D eigenvalue weighted by atomic mass is 35.5. The van der Waals surface area contributed by atoms with Crippen LogP contribution in [0.25, 0.3) is 5.69 Å². The number of hydrazine groups is 1. The molecule has 1 aromatic heterocycles. The molecule has 1 heterocycles. The predicted molar refractivity (Wildman–Crippen MR) is 72.9 cm³/mol. The number of aryl methyl sites for hydroxylation is 1. The van der Waals surface area contributed by atoms with Gasteiger partial charge in [0.25, 0.3) is 11.5 Å². The van der Waals surface area contributed by atoms with Gasteiger partial charge in [-0.25, -0.2) is 5.84 Å². The van der Waals surface area contributed by atoms with E-state index in [1.54, 1.807) is 12.1 Å². The van der Waals surface area contributed by atoms with Crippen LogP contribution in [0.15, 0.2) is 29.1 Å². The Bertz CT molecular complexity index is 742. The smallest absolute Gasteiger partial charge is 0.289 e. The number of nitrogens with zero attached hydrogens (tertiary/aromatic N) is 2. The van der Waals surface area contributed by atoms with Crippen LogP contribution in [0.2, 0.25) is 5.02 Å². The Hall–Kier alpha value is -2.38. The van der Waals surface area contributed by atoms with E-state index in [2.05, 4.69) is 5.10 Å². The van der Waals surface area contributed by atoms with E-state index < -0.39 is 17.2 Å². The van der Waals surface area contributed by atoms with E-state index in [4.69, 9.17) is 17.4 Å². The highest BCUT2D eigenvalue weighted by molar-refractivity contribution is 6.31. The number of carbonyl (C=O) groups excluding carboxylic acids is 1. The van der Waals surface area contributed by atoms with Crippen LogP contribution >= 0.6 is 11.6 Å². The van der Waals surface area contributed by atoms with Gasteiger partial charge >= 0.3 is 0 Å². The van der Waals surface area contributed by atoms with Crippen molar-refractivity contribution < 1.29 is 9.90 Å². The van der Waals surface area contributed by atoms with E-state index in [-0.39, 0.29) is 5.69 Å². The molecule has 0 aliphatic heterocycles. The van der Waals surface area contributed by atoms with Gasteiger partial charge in [-0.05, 0) is 24.6 Å². The average Bonchev–Trinajstić information content (AvgIpc) is 2.41. The summed E-state index contributed by atoms with van der Waals surface area (Å²) in [5.74, 6) is 3.63. The molecule has 2 rings (SSSR count). The molecule has 0 saturated carbocycles. The van der Waals surface area contributed by atoms with Crippen LogP contribution in [0.1, 0.15) is 16.1 Å². The molecule has 0 saturated heterocycles. The summed E-state index contributed by atoms with van der Waals surface area (Å²) >= 11 is 5.99. The zero-order valence-corrected chi connectivity index (χ0v) is 11.2. The van der Waals surface area contributed by atoms with Crippen molar-refractivity contribution in [3.63, 3.8) is 0 Å². The van der Waals surface area contributed by atoms with Gasteiger partial charge in [0.05, 0.1) is 5.69 Å². The fourth-order valence-electron chi connectivity index (χ4n) is 1.58. The Kier molecular flexibility index (Phi) is 3.73. The first kappa shape index (κ1) is 14.0. The van der Waals surface area contributed by atoms with Gasteiger partial charge in [0.15, 0.2) is 11.4 Å². The number of carbonyl (C=O) groups is 1. The van der Waals surface area contributed by atoms with Crippen molar-refractivity contribution in [2.45, 2.75) is 6.92 Å². The maximum Gasteiger partial charge on any atom is 0.289 e. The SMILES string of the molecule is Cc1ccc(-n2nc(C(=O)NN)c(O)cc2=O)cc1Cl. The fraction of sp³-hybridized carbons (Fsp3) is 0.0833. The highest BCUT2D eigenvalue weighted by Crippen LogP contribution is 2.19. The summed E-state index contributed by atoms with van der Waals surface area (Å²) in [6, 6.07) is 5.75. The Morgan fingerprint density at radius 2 is 2.15 bits per heavy atom. The molecule has 0 aliphatic carbocycles. The van der Waals surface area contributed by atoms with E-state index in [0.717, 1.165) is 16.3 Å². The molecule has 0 unspecified atom stereocenters. The standard InChI is InChI=1S/C12H11ClN4O3/c1-6-2-3-7(4-8(6)13)17-10(19)5-9(18)11(16-17)12(20)15-14/h2-5,18H,14H2,1H3,(H,15,20). The number of aromatic hydroxyl groups is 1. The van der Waals surface area contributed by atoms with Gasteiger partial charge in [0.1, 0.15) is 0 Å². The van der Waals surface area contributed by atoms with Crippen molar-refractivity contribution in [3.05, 3.63) is 50.9 Å². The molecular weight excluding hydrogens is 284 g/mol. The molecule has 7 nitrogen and oxygen atoms in total. The summed E-state index contributed by atoms with van der Waals surface area (Å²) in [6.07, 6.45) is 0. The van der Waals surface area contributed by atoms with Gasteiger partial charge in [-0.3, -0.25) is 15.0 Å². The zero-order chi connectivity index (χ0) is 14.9. The molecule has 0 spiro atoms. The lowest BCUT2D eigenvalue weighted by molar-refractivity contribution is 0.0943. The number of hydrogen-bond donors (Lipinski definition) is 3. The molecule has 4 N–H and O–H groups in total. The molecule has 20 heavy (non-hydrogen) atoms. The van der Waals surface area contributed by atoms with Crippen molar-refractivity contribution in [1.29, 1.82) is 0 Å². The molecule has 0 fully saturated rings. The summed E-state index contributed by atoms with van der Waals surface area (Å²) in [6.45, 7) is 1.81. The minimum Gasteiger partial charge on any atom is -0.505 e. The van der Waals surface area contributed by atoms with Crippen LogP contribution in [0.3, 0.4) is 0 Å². The number of nitrogen functional groups attached to an aromatic ring is 1. The normalized spacial score (nSPS) is 10.3. The zero-order valence-electron chi connectivity index (χ0n) is 10.4. The van der Waals surface area contributed by atoms with Crippen molar-refractivity contribution in [2.75, 3.05) is 0 Å². The first-order valence-corrected chi connectivity index (χ1v) is 5.92. The largest absolute Gasteiger partial charge is 0.505 e. The second-order valence-corrected chi connectivity index (χ2v) is 4.44. The lowest BCUT2D eigenvalue weighted by Crippen LogP contribution is -2.33. The Balaban J connectivity index is 2.64. The second-order valence-electron chi connectivity index (χ2n) is 4.04. The minimum absolute atomic E-state index is 0.358. The number of hydrogen-bond acceptors (Lipinski definition) is 5. The van der Waals surface area contributed by atoms with Gasteiger partial charge in [-0.1, -0.05) is 17.7 Å². The van der Waals surface area contributed by atoms with Crippen LogP contribution in [0, 0.1) is 6.92 Å². The molecule has 0 aliphatic rings. The molecule has 2 aromatic rings. The maximum absolute atomic E-state index is 11.8. The third-order valence-corrected chi connectivity index (χ3v) is 3.06. The van der Waals surface area contributed by atoms with Crippen LogP contribution in [-0.4, -0.2) is 20.8 Å². The molecule has 0 bridgehead atoms. The van der Waals surface area contributed by atoms with Gasteiger partial charge < -0.3 is 5.11 Å². The molecule has 1 amide bonds. The number of aromatic nitrogens is 2. The van der Waals surface area contributed by atoms with E-state index in [1.165, 1.54) is 6.07 Å². The van der Waals surface area contributed by atoms with Gasteiger partial charge in [-0.15, -0.1) is 0 Å². The Morgan fingerprint density at radius 1 is 1.45 bits per heavy atom. The minimum atomic E-state index is -0.811. The van der Waals surface area contributed by atoms with E-state index in [0.29, 0.717) is 10.7 Å². The van der Waals surface area contributed by atoms with Crippen molar-refractivity contribution in [1.82, 2.24) is 15.2 Å². The van der Waals surface area contributed by atoms with Crippen LogP contribution < -0.4 is 16.8 Å². The van der Waals surface area contributed by atoms with Crippen molar-refractivity contribution >= 4 is 17.5 Å². The average molecular weight is 295 g/mol. The quantitative estimate of drug-likeness (QED) is 0.424. The number of benzene rings is 1. The predicted octanol–water partition coefficient (Wildman–Crippen LogP) is 0.503. The summed E-state index contributed by atoms with van der Waals surface area (Å²) in [5.41, 5.74) is 2.09. The molecule has 8 heteroatoms. The Labute approximate surface area is 118 Å². The van der Waals surface area contributed by atoms with Crippen molar-refractivity contribution in [3.8, 4) is 11.4 Å². The summed E-state index contributed by atoms with van der Waals surface area (Å²) in [5, 5.41) is 13.8. The number of halogens is 1. The first-order chi connectivity index (χ1) is 9.43. The first-order valence-electron chi connectivity index (χ1n) is 5.55. The van der Waals surface area contributed by atoms with Gasteiger partial charge in [-0.2, -0.15) is 9.78 Å². The van der Waals surface area contributed by atoms with E-state index in [9.17, 15) is 14.7 Å². The van der Waals surface area contributed by atoms with Crippen molar-refractivity contribution in [2.24, 2.45) is 5.84 Å². The number of rotatable bonds is 2. The van der Waals surface area contributed by atoms with E-state index >= 15 is 0 Å². The van der Waals surface area contributed by atoms with E-state index in [1.807, 2.05) is 12.3 Å². The second kappa shape index (κ2) is 5.32. The molecule has 0 atom stereocenters. The molecule has 1 aromatic carbocycles. The lowest BCUT2D eigenvalue weighted by Gasteiger charge is -2.09. The molecule has 104 valence electrons. The topological polar surface area (TPSA) is 110 Å². The highest BCUT2D eigenvalue weighted by Gasteiger charge is 2.16. The number of nitrogens with one attached hydrogen (secondary N) is 1.